The zero-order chi connectivity index (χ0) is 16.5. The molecule has 1 aromatic rings. The minimum Gasteiger partial charge on any atom is -0.461 e. The highest BCUT2D eigenvalue weighted by Crippen LogP contribution is 2.27. The van der Waals surface area contributed by atoms with Gasteiger partial charge in [-0.15, -0.1) is 0 Å². The highest BCUT2D eigenvalue weighted by atomic mass is 35.5. The van der Waals surface area contributed by atoms with E-state index < -0.39 is 5.97 Å². The summed E-state index contributed by atoms with van der Waals surface area (Å²) in [7, 11) is 0. The van der Waals surface area contributed by atoms with Crippen LogP contribution in [0.3, 0.4) is 0 Å². The summed E-state index contributed by atoms with van der Waals surface area (Å²) in [6.45, 7) is 4.10. The summed E-state index contributed by atoms with van der Waals surface area (Å²) in [5.74, 6) is -0.543. The Kier molecular flexibility index (Phi) is 7.99. The summed E-state index contributed by atoms with van der Waals surface area (Å²) in [5.41, 5.74) is 1.08. The molecule has 0 aliphatic carbocycles. The topological polar surface area (TPSA) is 52.6 Å². The zero-order valence-corrected chi connectivity index (χ0v) is 14.0. The number of halogens is 2. The summed E-state index contributed by atoms with van der Waals surface area (Å²) in [5, 5.41) is 0.728. The van der Waals surface area contributed by atoms with Gasteiger partial charge in [-0.3, -0.25) is 9.59 Å². The average molecular weight is 345 g/mol. The zero-order valence-electron chi connectivity index (χ0n) is 12.5. The normalized spacial score (nSPS) is 10.0. The fourth-order valence-corrected chi connectivity index (χ4v) is 1.93. The molecule has 0 radical (unpaired) electrons. The van der Waals surface area contributed by atoms with Crippen molar-refractivity contribution in [1.82, 2.24) is 0 Å². The van der Waals surface area contributed by atoms with Crippen molar-refractivity contribution in [3.63, 3.8) is 0 Å². The third-order valence-electron chi connectivity index (χ3n) is 2.62. The molecule has 0 aliphatic heterocycles. The van der Waals surface area contributed by atoms with E-state index in [9.17, 15) is 9.59 Å². The number of carbonyl (C=O) groups excluding carboxylic acids is 2. The van der Waals surface area contributed by atoms with Crippen LogP contribution in [0.15, 0.2) is 29.8 Å². The lowest BCUT2D eigenvalue weighted by molar-refractivity contribution is -0.142. The first-order valence-electron chi connectivity index (χ1n) is 6.83. The van der Waals surface area contributed by atoms with Crippen molar-refractivity contribution < 1.29 is 19.1 Å². The molecule has 22 heavy (non-hydrogen) atoms. The maximum Gasteiger partial charge on any atom is 0.311 e. The molecule has 0 heterocycles. The van der Waals surface area contributed by atoms with E-state index in [4.69, 9.17) is 32.7 Å². The van der Waals surface area contributed by atoms with Crippen molar-refractivity contribution in [2.24, 2.45) is 0 Å². The largest absolute Gasteiger partial charge is 0.461 e. The molecule has 0 saturated heterocycles. The SMILES string of the molecule is CC(C)=CCOC(=O)CCCC(=O)Oc1ccc(Cl)cc1Cl. The van der Waals surface area contributed by atoms with Crippen LogP contribution in [0.4, 0.5) is 0 Å². The van der Waals surface area contributed by atoms with E-state index in [1.807, 2.05) is 19.9 Å². The maximum absolute atomic E-state index is 11.7. The Morgan fingerprint density at radius 3 is 2.45 bits per heavy atom. The molecule has 0 saturated carbocycles. The lowest BCUT2D eigenvalue weighted by Gasteiger charge is -2.06. The van der Waals surface area contributed by atoms with Crippen LogP contribution in [-0.2, 0) is 14.3 Å². The van der Waals surface area contributed by atoms with E-state index in [0.717, 1.165) is 5.57 Å². The first-order valence-corrected chi connectivity index (χ1v) is 7.59. The Morgan fingerprint density at radius 2 is 1.82 bits per heavy atom. The van der Waals surface area contributed by atoms with Gasteiger partial charge in [-0.2, -0.15) is 0 Å². The van der Waals surface area contributed by atoms with E-state index in [0.29, 0.717) is 11.4 Å². The lowest BCUT2D eigenvalue weighted by atomic mass is 10.2. The summed E-state index contributed by atoms with van der Waals surface area (Å²) >= 11 is 11.7. The van der Waals surface area contributed by atoms with Gasteiger partial charge in [-0.05, 0) is 44.5 Å². The van der Waals surface area contributed by atoms with Crippen molar-refractivity contribution in [2.45, 2.75) is 33.1 Å². The van der Waals surface area contributed by atoms with Gasteiger partial charge in [0.1, 0.15) is 12.4 Å². The van der Waals surface area contributed by atoms with Crippen LogP contribution in [0.2, 0.25) is 10.0 Å². The highest BCUT2D eigenvalue weighted by Gasteiger charge is 2.10. The molecule has 1 rings (SSSR count). The van der Waals surface area contributed by atoms with Crippen LogP contribution in [0.5, 0.6) is 5.75 Å². The van der Waals surface area contributed by atoms with Crippen LogP contribution in [-0.4, -0.2) is 18.5 Å². The van der Waals surface area contributed by atoms with Crippen LogP contribution in [0.1, 0.15) is 33.1 Å². The van der Waals surface area contributed by atoms with Gasteiger partial charge in [-0.25, -0.2) is 0 Å². The second-order valence-corrected chi connectivity index (χ2v) is 5.71. The van der Waals surface area contributed by atoms with E-state index in [1.54, 1.807) is 6.07 Å². The van der Waals surface area contributed by atoms with Crippen LogP contribution >= 0.6 is 23.2 Å². The molecule has 0 unspecified atom stereocenters. The fraction of sp³-hybridized carbons (Fsp3) is 0.375. The number of rotatable bonds is 7. The minimum atomic E-state index is -0.457. The van der Waals surface area contributed by atoms with E-state index >= 15 is 0 Å². The van der Waals surface area contributed by atoms with Gasteiger partial charge in [0.05, 0.1) is 5.02 Å². The van der Waals surface area contributed by atoms with Gasteiger partial charge < -0.3 is 9.47 Å². The molecule has 0 atom stereocenters. The molecule has 0 bridgehead atoms. The molecule has 0 aliphatic rings. The number of ether oxygens (including phenoxy) is 2. The first kappa shape index (κ1) is 18.5. The summed E-state index contributed by atoms with van der Waals surface area (Å²) in [4.78, 5) is 23.1. The monoisotopic (exact) mass is 344 g/mol. The molecule has 0 aromatic heterocycles. The summed E-state index contributed by atoms with van der Waals surface area (Å²) in [6.07, 6.45) is 2.45. The van der Waals surface area contributed by atoms with Crippen molar-refractivity contribution >= 4 is 35.1 Å². The first-order chi connectivity index (χ1) is 10.4. The number of carbonyl (C=O) groups is 2. The van der Waals surface area contributed by atoms with Crippen molar-refractivity contribution in [1.29, 1.82) is 0 Å². The number of allylic oxidation sites excluding steroid dienone is 1. The Hall–Kier alpha value is -1.52. The third-order valence-corrected chi connectivity index (χ3v) is 3.15. The smallest absolute Gasteiger partial charge is 0.311 e. The van der Waals surface area contributed by atoms with Gasteiger partial charge in [-0.1, -0.05) is 28.8 Å². The van der Waals surface area contributed by atoms with E-state index in [-0.39, 0.29) is 36.2 Å². The standard InChI is InChI=1S/C16H18Cl2O4/c1-11(2)8-9-21-15(19)4-3-5-16(20)22-14-7-6-12(17)10-13(14)18/h6-8,10H,3-5,9H2,1-2H3. The molecule has 4 nitrogen and oxygen atoms in total. The number of esters is 2. The number of hydrogen-bond acceptors (Lipinski definition) is 4. The Bertz CT molecular complexity index is 563. The quantitative estimate of drug-likeness (QED) is 0.412. The molecule has 6 heteroatoms. The molecular weight excluding hydrogens is 327 g/mol. The maximum atomic E-state index is 11.7. The van der Waals surface area contributed by atoms with Crippen LogP contribution < -0.4 is 4.74 Å². The molecule has 0 fully saturated rings. The fourth-order valence-electron chi connectivity index (χ4n) is 1.48. The van der Waals surface area contributed by atoms with Gasteiger partial charge in [0.15, 0.2) is 0 Å². The van der Waals surface area contributed by atoms with Crippen LogP contribution in [0.25, 0.3) is 0 Å². The third kappa shape index (κ3) is 7.48. The van der Waals surface area contributed by atoms with Crippen LogP contribution in [0, 0.1) is 0 Å². The molecule has 1 aromatic carbocycles. The molecule has 0 amide bonds. The van der Waals surface area contributed by atoms with Crippen molar-refractivity contribution in [3.8, 4) is 5.75 Å². The number of benzene rings is 1. The molecule has 0 N–H and O–H groups in total. The average Bonchev–Trinajstić information content (AvgIpc) is 2.41. The highest BCUT2D eigenvalue weighted by molar-refractivity contribution is 6.35. The summed E-state index contributed by atoms with van der Waals surface area (Å²) < 4.78 is 10.1. The predicted octanol–water partition coefficient (Wildman–Crippen LogP) is 4.58. The summed E-state index contributed by atoms with van der Waals surface area (Å²) in [6, 6.07) is 4.60. The Labute approximate surface area is 140 Å². The van der Waals surface area contributed by atoms with Gasteiger partial charge >= 0.3 is 11.9 Å². The number of hydrogen-bond donors (Lipinski definition) is 0. The molecular formula is C16H18Cl2O4. The Balaban J connectivity index is 2.28. The van der Waals surface area contributed by atoms with E-state index in [2.05, 4.69) is 0 Å². The van der Waals surface area contributed by atoms with E-state index in [1.165, 1.54) is 12.1 Å². The van der Waals surface area contributed by atoms with Crippen molar-refractivity contribution in [3.05, 3.63) is 39.9 Å². The second-order valence-electron chi connectivity index (χ2n) is 4.87. The predicted molar refractivity (Wildman–Crippen MR) is 86.3 cm³/mol. The lowest BCUT2D eigenvalue weighted by Crippen LogP contribution is -2.10. The van der Waals surface area contributed by atoms with Crippen molar-refractivity contribution in [2.75, 3.05) is 6.61 Å². The Morgan fingerprint density at radius 1 is 1.14 bits per heavy atom. The molecule has 0 spiro atoms. The second kappa shape index (κ2) is 9.49. The van der Waals surface area contributed by atoms with Gasteiger partial charge in [0.2, 0.25) is 0 Å². The minimum absolute atomic E-state index is 0.108. The van der Waals surface area contributed by atoms with Gasteiger partial charge in [0, 0.05) is 17.9 Å². The van der Waals surface area contributed by atoms with Gasteiger partial charge in [0.25, 0.3) is 0 Å². The molecule has 120 valence electrons.